The van der Waals surface area contributed by atoms with Gasteiger partial charge in [-0.25, -0.2) is 0 Å². The van der Waals surface area contributed by atoms with Gasteiger partial charge < -0.3 is 23.8 Å². The number of rotatable bonds is 27. The van der Waals surface area contributed by atoms with Crippen LogP contribution in [0.4, 0.5) is 0 Å². The van der Waals surface area contributed by atoms with E-state index in [0.717, 1.165) is 71.0 Å². The molecule has 7 nitrogen and oxygen atoms in total. The Morgan fingerprint density at radius 1 is 0.595 bits per heavy atom. The first-order valence-electron chi connectivity index (χ1n) is 14.6. The number of hydrogen-bond acceptors (Lipinski definition) is 7. The monoisotopic (exact) mass is 527 g/mol. The lowest BCUT2D eigenvalue weighted by Gasteiger charge is -2.24. The molecule has 1 atom stereocenters. The van der Waals surface area contributed by atoms with Crippen LogP contribution < -0.4 is 0 Å². The Kier molecular flexibility index (Phi) is 26.5. The van der Waals surface area contributed by atoms with Crippen LogP contribution in [0, 0.1) is 0 Å². The topological polar surface area (TPSA) is 74.3 Å². The first kappa shape index (κ1) is 35.6. The van der Waals surface area contributed by atoms with Crippen LogP contribution >= 0.6 is 0 Å². The highest BCUT2D eigenvalue weighted by atomic mass is 16.5. The average Bonchev–Trinajstić information content (AvgIpc) is 2.89. The zero-order valence-electron chi connectivity index (χ0n) is 24.5. The average molecular weight is 528 g/mol. The number of hydrogen-bond donors (Lipinski definition) is 0. The summed E-state index contributed by atoms with van der Waals surface area (Å²) in [5.41, 5.74) is 0. The Hall–Kier alpha value is -1.44. The van der Waals surface area contributed by atoms with E-state index in [-0.39, 0.29) is 18.0 Å². The number of unbranched alkanes of at least 4 members (excludes halogenated alkanes) is 12. The van der Waals surface area contributed by atoms with Crippen molar-refractivity contribution in [1.29, 1.82) is 0 Å². The van der Waals surface area contributed by atoms with E-state index in [1.807, 2.05) is 0 Å². The molecule has 0 aliphatic rings. The van der Waals surface area contributed by atoms with Crippen molar-refractivity contribution < 1.29 is 28.5 Å². The summed E-state index contributed by atoms with van der Waals surface area (Å²) < 4.78 is 21.1. The third-order valence-corrected chi connectivity index (χ3v) is 6.55. The lowest BCUT2D eigenvalue weighted by molar-refractivity contribution is -0.141. The molecule has 0 bridgehead atoms. The Morgan fingerprint density at radius 2 is 0.973 bits per heavy atom. The van der Waals surface area contributed by atoms with Crippen LogP contribution in [0.2, 0.25) is 0 Å². The minimum atomic E-state index is -0.123. The van der Waals surface area contributed by atoms with Crippen LogP contribution in [-0.4, -0.2) is 77.6 Å². The summed E-state index contributed by atoms with van der Waals surface area (Å²) in [7, 11) is 7.04. The van der Waals surface area contributed by atoms with E-state index in [0.29, 0.717) is 26.1 Å². The van der Waals surface area contributed by atoms with E-state index in [1.54, 1.807) is 0 Å². The molecule has 0 fully saturated rings. The van der Waals surface area contributed by atoms with Crippen LogP contribution in [0.25, 0.3) is 0 Å². The molecule has 0 rings (SSSR count). The number of carbonyl (C=O) groups excluding carboxylic acids is 2. The molecule has 0 radical (unpaired) electrons. The fourth-order valence-corrected chi connectivity index (χ4v) is 3.93. The van der Waals surface area contributed by atoms with Gasteiger partial charge in [0, 0.05) is 26.1 Å². The minimum absolute atomic E-state index is 0.101. The van der Waals surface area contributed by atoms with E-state index in [4.69, 9.17) is 9.47 Å². The van der Waals surface area contributed by atoms with Gasteiger partial charge >= 0.3 is 11.9 Å². The molecule has 7 heteroatoms. The highest BCUT2D eigenvalue weighted by Gasteiger charge is 2.11. The van der Waals surface area contributed by atoms with Crippen molar-refractivity contribution in [2.24, 2.45) is 0 Å². The predicted octanol–water partition coefficient (Wildman–Crippen LogP) is 6.48. The standard InChI is InChI=1S/C30H57NO6/c1-31(2)28(27-37-25-21-17-15-19-23-30(33)35-4)26-36-24-20-16-13-11-9-7-5-6-8-10-12-14-18-22-29(32)34-3/h6,8,28H,5,7,9-27H2,1-4H3/b8-6-. The largest absolute Gasteiger partial charge is 0.469 e. The molecule has 0 saturated carbocycles. The van der Waals surface area contributed by atoms with Crippen LogP contribution in [0.1, 0.15) is 109 Å². The van der Waals surface area contributed by atoms with E-state index >= 15 is 0 Å². The van der Waals surface area contributed by atoms with Gasteiger partial charge in [0.05, 0.1) is 33.5 Å². The minimum Gasteiger partial charge on any atom is -0.469 e. The molecule has 218 valence electrons. The van der Waals surface area contributed by atoms with Gasteiger partial charge in [0.1, 0.15) is 0 Å². The van der Waals surface area contributed by atoms with Crippen molar-refractivity contribution in [3.05, 3.63) is 12.2 Å². The Labute approximate surface area is 227 Å². The first-order valence-corrected chi connectivity index (χ1v) is 14.6. The van der Waals surface area contributed by atoms with E-state index in [9.17, 15) is 9.59 Å². The molecule has 0 aliphatic heterocycles. The molecular weight excluding hydrogens is 470 g/mol. The second kappa shape index (κ2) is 27.6. The summed E-state index contributed by atoms with van der Waals surface area (Å²) in [6.07, 6.45) is 22.7. The van der Waals surface area contributed by atoms with Gasteiger partial charge in [-0.15, -0.1) is 0 Å². The number of nitrogens with zero attached hydrogens (tertiary/aromatic N) is 1. The van der Waals surface area contributed by atoms with E-state index in [2.05, 4.69) is 40.6 Å². The zero-order valence-corrected chi connectivity index (χ0v) is 24.5. The molecule has 0 aromatic heterocycles. The number of likely N-dealkylation sites (N-methyl/N-ethyl adjacent to an activating group) is 1. The van der Waals surface area contributed by atoms with Crippen LogP contribution in [-0.2, 0) is 28.5 Å². The molecular formula is C30H57NO6. The maximum Gasteiger partial charge on any atom is 0.305 e. The maximum atomic E-state index is 11.1. The van der Waals surface area contributed by atoms with Gasteiger partial charge in [-0.1, -0.05) is 57.1 Å². The fourth-order valence-electron chi connectivity index (χ4n) is 3.93. The van der Waals surface area contributed by atoms with Gasteiger partial charge in [0.15, 0.2) is 0 Å². The SMILES string of the molecule is COC(=O)CCCCC/C=C\CCCCCCCCOCC(COCCCCCCC(=O)OC)N(C)C. The van der Waals surface area contributed by atoms with Gasteiger partial charge in [-0.3, -0.25) is 9.59 Å². The summed E-state index contributed by atoms with van der Waals surface area (Å²) in [5, 5.41) is 0. The van der Waals surface area contributed by atoms with E-state index in [1.165, 1.54) is 52.7 Å². The summed E-state index contributed by atoms with van der Waals surface area (Å²) in [6.45, 7) is 2.99. The third kappa shape index (κ3) is 26.0. The Bertz CT molecular complexity index is 552. The Balaban J connectivity index is 3.46. The summed E-state index contributed by atoms with van der Waals surface area (Å²) in [6, 6.07) is 0.284. The van der Waals surface area contributed by atoms with E-state index < -0.39 is 0 Å². The summed E-state index contributed by atoms with van der Waals surface area (Å²) in [4.78, 5) is 24.3. The molecule has 1 unspecified atom stereocenters. The molecule has 0 amide bonds. The molecule has 37 heavy (non-hydrogen) atoms. The van der Waals surface area contributed by atoms with Gasteiger partial charge in [0.2, 0.25) is 0 Å². The highest BCUT2D eigenvalue weighted by molar-refractivity contribution is 5.69. The fraction of sp³-hybridized carbons (Fsp3) is 0.867. The van der Waals surface area contributed by atoms with Crippen LogP contribution in [0.15, 0.2) is 12.2 Å². The number of methoxy groups -OCH3 is 2. The van der Waals surface area contributed by atoms with Crippen LogP contribution in [0.5, 0.6) is 0 Å². The molecule has 0 aromatic rings. The second-order valence-electron chi connectivity index (χ2n) is 10.1. The number of ether oxygens (including phenoxy) is 4. The van der Waals surface area contributed by atoms with Gasteiger partial charge in [-0.05, 0) is 65.5 Å². The van der Waals surface area contributed by atoms with Crippen molar-refractivity contribution in [1.82, 2.24) is 4.90 Å². The predicted molar refractivity (Wildman–Crippen MR) is 151 cm³/mol. The van der Waals surface area contributed by atoms with Crippen molar-refractivity contribution in [2.75, 3.05) is 54.7 Å². The molecule has 0 aliphatic carbocycles. The number of allylic oxidation sites excluding steroid dienone is 2. The molecule has 0 aromatic carbocycles. The molecule has 0 N–H and O–H groups in total. The van der Waals surface area contributed by atoms with Crippen molar-refractivity contribution in [2.45, 2.75) is 115 Å². The number of carbonyl (C=O) groups is 2. The summed E-state index contributed by atoms with van der Waals surface area (Å²) >= 11 is 0. The van der Waals surface area contributed by atoms with Crippen molar-refractivity contribution >= 4 is 11.9 Å². The highest BCUT2D eigenvalue weighted by Crippen LogP contribution is 2.10. The van der Waals surface area contributed by atoms with Gasteiger partial charge in [-0.2, -0.15) is 0 Å². The second-order valence-corrected chi connectivity index (χ2v) is 10.1. The zero-order chi connectivity index (χ0) is 27.4. The van der Waals surface area contributed by atoms with Crippen molar-refractivity contribution in [3.63, 3.8) is 0 Å². The smallest absolute Gasteiger partial charge is 0.305 e. The maximum absolute atomic E-state index is 11.1. The Morgan fingerprint density at radius 3 is 1.41 bits per heavy atom. The number of esters is 2. The molecule has 0 heterocycles. The third-order valence-electron chi connectivity index (χ3n) is 6.55. The quantitative estimate of drug-likeness (QED) is 0.0687. The van der Waals surface area contributed by atoms with Crippen molar-refractivity contribution in [3.8, 4) is 0 Å². The first-order chi connectivity index (χ1) is 18.0. The molecule has 0 spiro atoms. The normalized spacial score (nSPS) is 12.4. The molecule has 0 saturated heterocycles. The lowest BCUT2D eigenvalue weighted by atomic mass is 10.1. The lowest BCUT2D eigenvalue weighted by Crippen LogP contribution is -2.37. The summed E-state index contributed by atoms with van der Waals surface area (Å²) in [5.74, 6) is -0.223. The van der Waals surface area contributed by atoms with Gasteiger partial charge in [0.25, 0.3) is 0 Å². The van der Waals surface area contributed by atoms with Crippen LogP contribution in [0.3, 0.4) is 0 Å².